The summed E-state index contributed by atoms with van der Waals surface area (Å²) in [6.45, 7) is 3.59. The van der Waals surface area contributed by atoms with E-state index in [1.54, 1.807) is 0 Å². The Labute approximate surface area is 152 Å². The lowest BCUT2D eigenvalue weighted by Gasteiger charge is -2.22. The summed E-state index contributed by atoms with van der Waals surface area (Å²) in [5.74, 6) is 2.00. The molecule has 4 heterocycles. The van der Waals surface area contributed by atoms with Crippen molar-refractivity contribution in [3.8, 4) is 0 Å². The van der Waals surface area contributed by atoms with Crippen LogP contribution in [0.15, 0.2) is 12.4 Å². The molecule has 2 aromatic heterocycles. The third-order valence-corrected chi connectivity index (χ3v) is 5.01. The molecule has 0 N–H and O–H groups in total. The molecular formula is C18H24FN7. The summed E-state index contributed by atoms with van der Waals surface area (Å²) in [5, 5.41) is 0. The monoisotopic (exact) mass is 357 g/mol. The van der Waals surface area contributed by atoms with Crippen molar-refractivity contribution in [2.75, 3.05) is 55.0 Å². The van der Waals surface area contributed by atoms with Crippen LogP contribution in [-0.2, 0) is 12.8 Å². The Balaban J connectivity index is 1.64. The molecule has 4 rings (SSSR count). The van der Waals surface area contributed by atoms with Crippen molar-refractivity contribution in [1.29, 1.82) is 0 Å². The molecule has 138 valence electrons. The fourth-order valence-corrected chi connectivity index (χ4v) is 3.66. The minimum absolute atomic E-state index is 0.414. The van der Waals surface area contributed by atoms with Gasteiger partial charge in [-0.2, -0.15) is 4.98 Å². The first-order valence-corrected chi connectivity index (χ1v) is 9.16. The molecule has 0 bridgehead atoms. The van der Waals surface area contributed by atoms with Gasteiger partial charge in [-0.25, -0.2) is 19.3 Å². The smallest absolute Gasteiger partial charge is 0.227 e. The van der Waals surface area contributed by atoms with Crippen LogP contribution in [0.2, 0.25) is 0 Å². The van der Waals surface area contributed by atoms with Gasteiger partial charge in [0.1, 0.15) is 5.82 Å². The lowest BCUT2D eigenvalue weighted by atomic mass is 10.1. The second kappa shape index (κ2) is 7.01. The number of anilines is 3. The molecule has 1 saturated heterocycles. The van der Waals surface area contributed by atoms with Crippen LogP contribution in [0.3, 0.4) is 0 Å². The van der Waals surface area contributed by atoms with Crippen molar-refractivity contribution in [2.45, 2.75) is 25.7 Å². The highest BCUT2D eigenvalue weighted by Crippen LogP contribution is 2.28. The molecule has 0 atom stereocenters. The van der Waals surface area contributed by atoms with Crippen molar-refractivity contribution in [2.24, 2.45) is 0 Å². The molecule has 8 heteroatoms. The normalized spacial score (nSPS) is 17.2. The predicted molar refractivity (Wildman–Crippen MR) is 99.4 cm³/mol. The van der Waals surface area contributed by atoms with Crippen molar-refractivity contribution in [3.63, 3.8) is 0 Å². The Morgan fingerprint density at radius 1 is 0.885 bits per heavy atom. The van der Waals surface area contributed by atoms with Crippen LogP contribution in [0, 0.1) is 5.82 Å². The zero-order chi connectivity index (χ0) is 18.1. The molecule has 0 radical (unpaired) electrons. The first kappa shape index (κ1) is 16.9. The quantitative estimate of drug-likeness (QED) is 0.828. The summed E-state index contributed by atoms with van der Waals surface area (Å²) in [5.41, 5.74) is 2.30. The Morgan fingerprint density at radius 3 is 2.23 bits per heavy atom. The van der Waals surface area contributed by atoms with E-state index in [1.807, 2.05) is 14.1 Å². The first-order chi connectivity index (χ1) is 12.6. The summed E-state index contributed by atoms with van der Waals surface area (Å²) in [7, 11) is 4.06. The molecule has 0 amide bonds. The molecular weight excluding hydrogens is 333 g/mol. The van der Waals surface area contributed by atoms with Crippen LogP contribution in [0.1, 0.15) is 24.1 Å². The lowest BCUT2D eigenvalue weighted by molar-refractivity contribution is 0.610. The van der Waals surface area contributed by atoms with Gasteiger partial charge in [0.2, 0.25) is 11.9 Å². The number of halogens is 1. The summed E-state index contributed by atoms with van der Waals surface area (Å²) in [4.78, 5) is 24.5. The number of nitrogens with zero attached hydrogens (tertiary/aromatic N) is 7. The molecule has 0 unspecified atom stereocenters. The van der Waals surface area contributed by atoms with Gasteiger partial charge in [0.15, 0.2) is 5.82 Å². The van der Waals surface area contributed by atoms with Crippen molar-refractivity contribution in [1.82, 2.24) is 19.9 Å². The van der Waals surface area contributed by atoms with E-state index in [9.17, 15) is 4.39 Å². The maximum Gasteiger partial charge on any atom is 0.227 e. The van der Waals surface area contributed by atoms with Crippen LogP contribution >= 0.6 is 0 Å². The van der Waals surface area contributed by atoms with Gasteiger partial charge < -0.3 is 14.7 Å². The third-order valence-electron chi connectivity index (χ3n) is 5.01. The van der Waals surface area contributed by atoms with Gasteiger partial charge >= 0.3 is 0 Å². The average molecular weight is 357 g/mol. The zero-order valence-electron chi connectivity index (χ0n) is 15.3. The molecule has 0 aromatic carbocycles. The van der Waals surface area contributed by atoms with Crippen LogP contribution in [0.4, 0.5) is 22.1 Å². The summed E-state index contributed by atoms with van der Waals surface area (Å²) in [6, 6.07) is 0. The standard InChI is InChI=1S/C18H24FN7/c1-24(2)16-14-5-9-26(17-20-11-13(19)12-21-17)10-6-15(14)22-18(23-16)25-7-3-4-8-25/h11-12H,3-10H2,1-2H3. The highest BCUT2D eigenvalue weighted by Gasteiger charge is 2.24. The molecule has 2 aliphatic heterocycles. The number of hydrogen-bond donors (Lipinski definition) is 0. The summed E-state index contributed by atoms with van der Waals surface area (Å²) < 4.78 is 13.1. The van der Waals surface area contributed by atoms with E-state index in [0.717, 1.165) is 56.5 Å². The molecule has 0 saturated carbocycles. The highest BCUT2D eigenvalue weighted by atomic mass is 19.1. The molecule has 7 nitrogen and oxygen atoms in total. The topological polar surface area (TPSA) is 61.3 Å². The fourth-order valence-electron chi connectivity index (χ4n) is 3.66. The van der Waals surface area contributed by atoms with E-state index >= 15 is 0 Å². The van der Waals surface area contributed by atoms with Crippen molar-refractivity contribution < 1.29 is 4.39 Å². The molecule has 2 aromatic rings. The second-order valence-corrected chi connectivity index (χ2v) is 7.05. The van der Waals surface area contributed by atoms with E-state index in [-0.39, 0.29) is 0 Å². The largest absolute Gasteiger partial charge is 0.362 e. The lowest BCUT2D eigenvalue weighted by Crippen LogP contribution is -2.28. The Morgan fingerprint density at radius 2 is 1.54 bits per heavy atom. The SMILES string of the molecule is CN(C)c1nc(N2CCCC2)nc2c1CCN(c1ncc(F)cn1)CC2. The zero-order valence-corrected chi connectivity index (χ0v) is 15.3. The number of aromatic nitrogens is 4. The van der Waals surface area contributed by atoms with Gasteiger partial charge in [-0.3, -0.25) is 0 Å². The van der Waals surface area contributed by atoms with E-state index < -0.39 is 5.82 Å². The molecule has 0 spiro atoms. The maximum absolute atomic E-state index is 13.1. The van der Waals surface area contributed by atoms with E-state index in [1.165, 1.54) is 30.8 Å². The van der Waals surface area contributed by atoms with Crippen LogP contribution < -0.4 is 14.7 Å². The van der Waals surface area contributed by atoms with Gasteiger partial charge in [-0.15, -0.1) is 0 Å². The van der Waals surface area contributed by atoms with E-state index in [2.05, 4.69) is 24.7 Å². The minimum atomic E-state index is -0.414. The fraction of sp³-hybridized carbons (Fsp3) is 0.556. The van der Waals surface area contributed by atoms with E-state index in [0.29, 0.717) is 5.95 Å². The predicted octanol–water partition coefficient (Wildman–Crippen LogP) is 1.68. The first-order valence-electron chi connectivity index (χ1n) is 9.16. The number of rotatable bonds is 3. The molecule has 1 fully saturated rings. The Bertz CT molecular complexity index is 772. The maximum atomic E-state index is 13.1. The molecule has 0 aliphatic carbocycles. The molecule has 26 heavy (non-hydrogen) atoms. The van der Waals surface area contributed by atoms with Crippen molar-refractivity contribution >= 4 is 17.7 Å². The third kappa shape index (κ3) is 3.27. The highest BCUT2D eigenvalue weighted by molar-refractivity contribution is 5.54. The summed E-state index contributed by atoms with van der Waals surface area (Å²) >= 11 is 0. The average Bonchev–Trinajstić information content (AvgIpc) is 3.09. The van der Waals surface area contributed by atoms with Gasteiger partial charge in [0.05, 0.1) is 18.1 Å². The number of fused-ring (bicyclic) bond motifs is 1. The van der Waals surface area contributed by atoms with Gasteiger partial charge in [0.25, 0.3) is 0 Å². The van der Waals surface area contributed by atoms with Crippen LogP contribution in [0.5, 0.6) is 0 Å². The van der Waals surface area contributed by atoms with Gasteiger partial charge in [-0.05, 0) is 19.3 Å². The van der Waals surface area contributed by atoms with Gasteiger partial charge in [0, 0.05) is 52.3 Å². The Kier molecular flexibility index (Phi) is 4.57. The molecule has 2 aliphatic rings. The number of hydrogen-bond acceptors (Lipinski definition) is 7. The minimum Gasteiger partial charge on any atom is -0.362 e. The Hall–Kier alpha value is -2.51. The van der Waals surface area contributed by atoms with Crippen LogP contribution in [-0.4, -0.2) is 60.2 Å². The van der Waals surface area contributed by atoms with Crippen LogP contribution in [0.25, 0.3) is 0 Å². The summed E-state index contributed by atoms with van der Waals surface area (Å²) in [6.07, 6.45) is 6.47. The van der Waals surface area contributed by atoms with E-state index in [4.69, 9.17) is 9.97 Å². The second-order valence-electron chi connectivity index (χ2n) is 7.05. The van der Waals surface area contributed by atoms with Crippen molar-refractivity contribution in [3.05, 3.63) is 29.5 Å². The van der Waals surface area contributed by atoms with Gasteiger partial charge in [-0.1, -0.05) is 0 Å².